The summed E-state index contributed by atoms with van der Waals surface area (Å²) in [7, 11) is -0.850. The third-order valence-electron chi connectivity index (χ3n) is 4.99. The lowest BCUT2D eigenvalue weighted by Crippen LogP contribution is -2.22. The number of fused-ring (bicyclic) bond motifs is 2. The van der Waals surface area contributed by atoms with Gasteiger partial charge in [-0.15, -0.1) is 0 Å². The molecule has 11 heteroatoms. The number of carbonyl (C=O) groups is 2. The number of benzene rings is 1. The molecular formula is C18H17N5O5S. The standard InChI is InChI=1S/C18H17N5O5S/c1-9-12(18(25)26)7-23-16(9)15(19-8-20-23)14-11-6-10(29(27,28)22(2)3)4-5-13(11)21-17(14)24/h4-8,14H,1-3H3,(H,21,24)(H,25,26). The highest BCUT2D eigenvalue weighted by Gasteiger charge is 2.36. The average Bonchev–Trinajstić information content (AvgIpc) is 3.17. The second-order valence-corrected chi connectivity index (χ2v) is 9.02. The number of nitrogens with one attached hydrogen (secondary N) is 1. The molecule has 1 atom stereocenters. The van der Waals surface area contributed by atoms with Gasteiger partial charge in [-0.25, -0.2) is 27.0 Å². The van der Waals surface area contributed by atoms with Gasteiger partial charge in [0.1, 0.15) is 12.2 Å². The van der Waals surface area contributed by atoms with Crippen LogP contribution in [-0.2, 0) is 14.8 Å². The predicted octanol–water partition coefficient (Wildman–Crippen LogP) is 1.07. The van der Waals surface area contributed by atoms with Crippen molar-refractivity contribution in [1.82, 2.24) is 18.9 Å². The lowest BCUT2D eigenvalue weighted by atomic mass is 9.95. The number of hydrogen-bond acceptors (Lipinski definition) is 6. The van der Waals surface area contributed by atoms with E-state index in [1.54, 1.807) is 6.92 Å². The number of aromatic carboxylic acids is 1. The fourth-order valence-electron chi connectivity index (χ4n) is 3.50. The fraction of sp³-hybridized carbons (Fsp3) is 0.222. The Hall–Kier alpha value is -3.31. The van der Waals surface area contributed by atoms with Gasteiger partial charge in [-0.2, -0.15) is 5.10 Å². The zero-order valence-electron chi connectivity index (χ0n) is 15.7. The molecule has 3 aromatic rings. The van der Waals surface area contributed by atoms with Crippen LogP contribution < -0.4 is 5.32 Å². The molecule has 0 fully saturated rings. The maximum atomic E-state index is 12.8. The van der Waals surface area contributed by atoms with Crippen molar-refractivity contribution < 1.29 is 23.1 Å². The van der Waals surface area contributed by atoms with Crippen LogP contribution in [0.5, 0.6) is 0 Å². The summed E-state index contributed by atoms with van der Waals surface area (Å²) in [5, 5.41) is 16.2. The molecule has 150 valence electrons. The van der Waals surface area contributed by atoms with Gasteiger partial charge in [0, 0.05) is 26.0 Å². The number of carboxylic acid groups (broad SMARTS) is 1. The van der Waals surface area contributed by atoms with Crippen LogP contribution in [0.3, 0.4) is 0 Å². The van der Waals surface area contributed by atoms with Gasteiger partial charge in [-0.05, 0) is 36.2 Å². The van der Waals surface area contributed by atoms with Gasteiger partial charge < -0.3 is 10.4 Å². The van der Waals surface area contributed by atoms with Gasteiger partial charge in [-0.1, -0.05) is 0 Å². The second kappa shape index (κ2) is 6.36. The molecule has 10 nitrogen and oxygen atoms in total. The number of carboxylic acids is 1. The van der Waals surface area contributed by atoms with Gasteiger partial charge in [0.25, 0.3) is 0 Å². The Morgan fingerprint density at radius 1 is 1.31 bits per heavy atom. The molecule has 2 aromatic heterocycles. The summed E-state index contributed by atoms with van der Waals surface area (Å²) in [5.74, 6) is -2.39. The van der Waals surface area contributed by atoms with E-state index < -0.39 is 21.9 Å². The second-order valence-electron chi connectivity index (χ2n) is 6.87. The third kappa shape index (κ3) is 2.77. The number of amides is 1. The topological polar surface area (TPSA) is 134 Å². The molecule has 0 bridgehead atoms. The Kier molecular flexibility index (Phi) is 4.17. The number of hydrogen-bond donors (Lipinski definition) is 2. The summed E-state index contributed by atoms with van der Waals surface area (Å²) in [4.78, 5) is 28.6. The molecule has 0 aliphatic carbocycles. The van der Waals surface area contributed by atoms with Crippen molar-refractivity contribution in [2.45, 2.75) is 17.7 Å². The lowest BCUT2D eigenvalue weighted by molar-refractivity contribution is -0.116. The molecular weight excluding hydrogens is 398 g/mol. The number of aryl methyl sites for hydroxylation is 1. The Balaban J connectivity index is 1.95. The van der Waals surface area contributed by atoms with Crippen molar-refractivity contribution in [3.8, 4) is 0 Å². The van der Waals surface area contributed by atoms with Crippen molar-refractivity contribution in [2.24, 2.45) is 0 Å². The van der Waals surface area contributed by atoms with E-state index in [4.69, 9.17) is 0 Å². The first kappa shape index (κ1) is 19.0. The van der Waals surface area contributed by atoms with Crippen LogP contribution >= 0.6 is 0 Å². The van der Waals surface area contributed by atoms with Crippen LogP contribution in [0, 0.1) is 6.92 Å². The molecule has 1 aromatic carbocycles. The van der Waals surface area contributed by atoms with Crippen molar-refractivity contribution in [3.63, 3.8) is 0 Å². The Bertz CT molecular complexity index is 1300. The molecule has 1 aliphatic rings. The molecule has 1 aliphatic heterocycles. The van der Waals surface area contributed by atoms with E-state index in [0.717, 1.165) is 4.31 Å². The minimum absolute atomic E-state index is 0.0474. The first-order valence-corrected chi connectivity index (χ1v) is 10.0. The van der Waals surface area contributed by atoms with Crippen LogP contribution in [0.15, 0.2) is 35.6 Å². The zero-order valence-corrected chi connectivity index (χ0v) is 16.6. The third-order valence-corrected chi connectivity index (χ3v) is 6.80. The smallest absolute Gasteiger partial charge is 0.337 e. The summed E-state index contributed by atoms with van der Waals surface area (Å²) in [5.41, 5.74) is 2.12. The lowest BCUT2D eigenvalue weighted by Gasteiger charge is -2.14. The molecule has 1 unspecified atom stereocenters. The summed E-state index contributed by atoms with van der Waals surface area (Å²) < 4.78 is 27.5. The van der Waals surface area contributed by atoms with Crippen LogP contribution in [-0.4, -0.2) is 58.4 Å². The summed E-state index contributed by atoms with van der Waals surface area (Å²) in [6, 6.07) is 4.41. The van der Waals surface area contributed by atoms with Crippen molar-refractivity contribution in [1.29, 1.82) is 0 Å². The van der Waals surface area contributed by atoms with Crippen LogP contribution in [0.2, 0.25) is 0 Å². The van der Waals surface area contributed by atoms with Crippen molar-refractivity contribution >= 4 is 33.1 Å². The number of sulfonamides is 1. The number of rotatable bonds is 4. The van der Waals surface area contributed by atoms with Crippen LogP contribution in [0.25, 0.3) is 5.52 Å². The summed E-state index contributed by atoms with van der Waals surface area (Å²) in [6.45, 7) is 1.62. The molecule has 0 saturated heterocycles. The van der Waals surface area contributed by atoms with Gasteiger partial charge in [0.05, 0.1) is 21.7 Å². The molecule has 1 amide bonds. The highest BCUT2D eigenvalue weighted by atomic mass is 32.2. The molecule has 29 heavy (non-hydrogen) atoms. The van der Waals surface area contributed by atoms with Gasteiger partial charge in [-0.3, -0.25) is 4.79 Å². The molecule has 3 heterocycles. The summed E-state index contributed by atoms with van der Waals surface area (Å²) in [6.07, 6.45) is 2.60. The van der Waals surface area contributed by atoms with E-state index >= 15 is 0 Å². The van der Waals surface area contributed by atoms with Crippen molar-refractivity contribution in [2.75, 3.05) is 19.4 Å². The number of aromatic nitrogens is 3. The molecule has 2 N–H and O–H groups in total. The van der Waals surface area contributed by atoms with Gasteiger partial charge in [0.15, 0.2) is 0 Å². The Morgan fingerprint density at radius 3 is 2.69 bits per heavy atom. The van der Waals surface area contributed by atoms with Gasteiger partial charge >= 0.3 is 5.97 Å². The van der Waals surface area contributed by atoms with E-state index in [9.17, 15) is 23.1 Å². The molecule has 0 radical (unpaired) electrons. The number of nitrogens with zero attached hydrogens (tertiary/aromatic N) is 4. The minimum atomic E-state index is -3.70. The van der Waals surface area contributed by atoms with E-state index in [1.165, 1.54) is 49.3 Å². The quantitative estimate of drug-likeness (QED) is 0.651. The predicted molar refractivity (Wildman–Crippen MR) is 102 cm³/mol. The van der Waals surface area contributed by atoms with Crippen LogP contribution in [0.1, 0.15) is 33.1 Å². The molecule has 0 spiro atoms. The normalized spacial score (nSPS) is 16.3. The van der Waals surface area contributed by atoms with E-state index in [1.807, 2.05) is 0 Å². The van der Waals surface area contributed by atoms with E-state index in [0.29, 0.717) is 28.0 Å². The average molecular weight is 415 g/mol. The Morgan fingerprint density at radius 2 is 2.03 bits per heavy atom. The number of carbonyl (C=O) groups excluding carboxylic acids is 1. The fourth-order valence-corrected chi connectivity index (χ4v) is 4.44. The minimum Gasteiger partial charge on any atom is -0.478 e. The zero-order chi connectivity index (χ0) is 21.1. The first-order valence-electron chi connectivity index (χ1n) is 8.56. The maximum Gasteiger partial charge on any atom is 0.337 e. The Labute approximate surface area is 165 Å². The van der Waals surface area contributed by atoms with E-state index in [2.05, 4.69) is 15.4 Å². The summed E-state index contributed by atoms with van der Waals surface area (Å²) >= 11 is 0. The first-order chi connectivity index (χ1) is 13.6. The largest absolute Gasteiger partial charge is 0.478 e. The number of anilines is 1. The van der Waals surface area contributed by atoms with Gasteiger partial charge in [0.2, 0.25) is 15.9 Å². The van der Waals surface area contributed by atoms with Crippen molar-refractivity contribution in [3.05, 3.63) is 53.1 Å². The van der Waals surface area contributed by atoms with E-state index in [-0.39, 0.29) is 16.4 Å². The molecule has 0 saturated carbocycles. The highest BCUT2D eigenvalue weighted by molar-refractivity contribution is 7.89. The highest BCUT2D eigenvalue weighted by Crippen LogP contribution is 2.40. The SMILES string of the molecule is Cc1c(C(=O)O)cn2ncnc(C3C(=O)Nc4ccc(S(=O)(=O)N(C)C)cc43)c12. The monoisotopic (exact) mass is 415 g/mol. The maximum absolute atomic E-state index is 12.8. The molecule has 4 rings (SSSR count). The van der Waals surface area contributed by atoms with Crippen LogP contribution in [0.4, 0.5) is 5.69 Å².